The van der Waals surface area contributed by atoms with Crippen LogP contribution in [0.25, 0.3) is 11.0 Å². The van der Waals surface area contributed by atoms with Crippen LogP contribution in [0.15, 0.2) is 54.6 Å². The number of benzene rings is 2. The minimum absolute atomic E-state index is 0.0535. The van der Waals surface area contributed by atoms with E-state index >= 15 is 0 Å². The van der Waals surface area contributed by atoms with Crippen LogP contribution < -0.4 is 19.3 Å². The maximum Gasteiger partial charge on any atom is 0.298 e. The quantitative estimate of drug-likeness (QED) is 0.152. The number of hydrogen-bond donors (Lipinski definition) is 1. The molecule has 2 fully saturated rings. The van der Waals surface area contributed by atoms with E-state index < -0.39 is 13.0 Å². The maximum atomic E-state index is 14.6. The molecule has 0 aliphatic carbocycles. The van der Waals surface area contributed by atoms with E-state index in [9.17, 15) is 13.8 Å². The van der Waals surface area contributed by atoms with Gasteiger partial charge in [0.05, 0.1) is 6.10 Å². The topological polar surface area (TPSA) is 97.6 Å². The van der Waals surface area contributed by atoms with Crippen molar-refractivity contribution >= 4 is 30.0 Å². The first-order valence-corrected chi connectivity index (χ1v) is 17.3. The van der Waals surface area contributed by atoms with E-state index in [1.807, 2.05) is 24.3 Å². The summed E-state index contributed by atoms with van der Waals surface area (Å²) in [7, 11) is -2.53. The molecule has 0 unspecified atom stereocenters. The summed E-state index contributed by atoms with van der Waals surface area (Å²) in [5, 5.41) is 0.519. The highest BCUT2D eigenvalue weighted by molar-refractivity contribution is 7.70. The number of aromatic amines is 1. The minimum atomic E-state index is -2.53. The molecule has 0 amide bonds. The van der Waals surface area contributed by atoms with Crippen molar-refractivity contribution in [1.29, 1.82) is 0 Å². The number of hydrogen-bond acceptors (Lipinski definition) is 7. The average Bonchev–Trinajstić information content (AvgIpc) is 3.30. The Kier molecular flexibility index (Phi) is 8.61. The highest BCUT2D eigenvalue weighted by Gasteiger charge is 2.29. The summed E-state index contributed by atoms with van der Waals surface area (Å²) in [4.78, 5) is 21.7. The number of carbonyl (C=O) groups excluding carboxylic acids is 1. The highest BCUT2D eigenvalue weighted by Crippen LogP contribution is 2.35. The third-order valence-electron chi connectivity index (χ3n) is 8.39. The van der Waals surface area contributed by atoms with E-state index in [4.69, 9.17) is 19.2 Å². The van der Waals surface area contributed by atoms with Crippen LogP contribution >= 0.6 is 7.14 Å². The van der Waals surface area contributed by atoms with Crippen molar-refractivity contribution < 1.29 is 32.5 Å². The normalized spacial score (nSPS) is 18.0. The van der Waals surface area contributed by atoms with Gasteiger partial charge in [-0.3, -0.25) is 9.69 Å². The number of nitrogens with one attached hydrogen (secondary N) is 1. The zero-order valence-electron chi connectivity index (χ0n) is 24.5. The Labute approximate surface area is 250 Å². The van der Waals surface area contributed by atoms with Crippen molar-refractivity contribution in [2.24, 2.45) is 0 Å². The first-order chi connectivity index (χ1) is 20.8. The molecule has 0 spiro atoms. The van der Waals surface area contributed by atoms with Gasteiger partial charge >= 0.3 is 0 Å². The lowest BCUT2D eigenvalue weighted by atomic mass is 9.93. The Bertz CT molecular complexity index is 1660. The lowest BCUT2D eigenvalue weighted by molar-refractivity contribution is -0.690. The highest BCUT2D eigenvalue weighted by atomic mass is 31.2. The fourth-order valence-corrected chi connectivity index (χ4v) is 6.64. The number of H-pyrrole nitrogens is 1. The number of aromatic nitrogens is 3. The average molecular weight is 608 g/mol. The van der Waals surface area contributed by atoms with E-state index in [1.54, 1.807) is 37.6 Å². The standard InChI is InChI=1S/C32H36FN4O5P/c1-43(2,39)26-8-6-23(27(33)17-26)20-41-32-5-3-4-28(35-32)22-10-13-36(14-11-22)19-31-34-29-9-7-24(42-21-38)16-30(29)37(31)18-25-12-15-40-25/h3-9,16-17,21-22,25H,10-15,18-20H2,1-2H3/p+1/t25-/m0/s1. The lowest BCUT2D eigenvalue weighted by Gasteiger charge is -2.31. The number of imidazole rings is 1. The SMILES string of the molecule is CP(C)(=O)c1ccc(COc2cccc(C3CCN(Cc4[nH]c5ccc(OC=O)cc5[n+]4C[C@@H]4CCO4)CC3)n2)c(F)c1. The van der Waals surface area contributed by atoms with E-state index in [-0.39, 0.29) is 12.7 Å². The molecule has 0 radical (unpaired) electrons. The van der Waals surface area contributed by atoms with Gasteiger partial charge in [-0.2, -0.15) is 0 Å². The van der Waals surface area contributed by atoms with E-state index in [0.29, 0.717) is 34.9 Å². The summed E-state index contributed by atoms with van der Waals surface area (Å²) in [6, 6.07) is 16.1. The zero-order chi connectivity index (χ0) is 30.0. The molecule has 2 aliphatic heterocycles. The first kappa shape index (κ1) is 29.5. The summed E-state index contributed by atoms with van der Waals surface area (Å²) in [5.74, 6) is 1.97. The zero-order valence-corrected chi connectivity index (χ0v) is 25.4. The van der Waals surface area contributed by atoms with Gasteiger partial charge in [0.2, 0.25) is 5.88 Å². The first-order valence-electron chi connectivity index (χ1n) is 14.7. The molecule has 6 rings (SSSR count). The van der Waals surface area contributed by atoms with Crippen molar-refractivity contribution in [3.63, 3.8) is 0 Å². The van der Waals surface area contributed by atoms with Crippen LogP contribution in [-0.4, -0.2) is 60.5 Å². The van der Waals surface area contributed by atoms with Gasteiger partial charge in [-0.15, -0.1) is 0 Å². The molecule has 0 saturated carbocycles. The van der Waals surface area contributed by atoms with Gasteiger partial charge in [-0.05, 0) is 63.5 Å². The molecule has 0 bridgehead atoms. The van der Waals surface area contributed by atoms with Crippen molar-refractivity contribution in [3.8, 4) is 11.6 Å². The second-order valence-electron chi connectivity index (χ2n) is 11.7. The summed E-state index contributed by atoms with van der Waals surface area (Å²) in [6.07, 6.45) is 3.15. The van der Waals surface area contributed by atoms with Crippen LogP contribution in [-0.2, 0) is 33.8 Å². The number of rotatable bonds is 11. The molecule has 226 valence electrons. The maximum absolute atomic E-state index is 14.6. The Morgan fingerprint density at radius 3 is 2.65 bits per heavy atom. The molecule has 11 heteroatoms. The summed E-state index contributed by atoms with van der Waals surface area (Å²) in [5.41, 5.74) is 3.38. The molecular weight excluding hydrogens is 570 g/mol. The molecule has 4 heterocycles. The van der Waals surface area contributed by atoms with Crippen molar-refractivity contribution in [1.82, 2.24) is 14.9 Å². The van der Waals surface area contributed by atoms with Gasteiger partial charge in [0.15, 0.2) is 11.0 Å². The summed E-state index contributed by atoms with van der Waals surface area (Å²) < 4.78 is 45.8. The molecule has 4 aromatic rings. The van der Waals surface area contributed by atoms with Gasteiger partial charge in [0.1, 0.15) is 38.4 Å². The number of likely N-dealkylation sites (tertiary alicyclic amines) is 1. The van der Waals surface area contributed by atoms with Crippen molar-refractivity contribution in [2.75, 3.05) is 33.0 Å². The number of pyridine rings is 1. The number of halogens is 1. The van der Waals surface area contributed by atoms with Gasteiger partial charge in [0, 0.05) is 47.6 Å². The molecular formula is C32H37FN4O5P+. The molecule has 2 aromatic heterocycles. The van der Waals surface area contributed by atoms with Gasteiger partial charge < -0.3 is 18.8 Å². The molecule has 9 nitrogen and oxygen atoms in total. The minimum Gasteiger partial charge on any atom is -0.473 e. The lowest BCUT2D eigenvalue weighted by Crippen LogP contribution is -2.48. The molecule has 1 atom stereocenters. The predicted octanol–water partition coefficient (Wildman–Crippen LogP) is 4.52. The number of piperidine rings is 1. The second kappa shape index (κ2) is 12.6. The molecule has 2 aromatic carbocycles. The fourth-order valence-electron chi connectivity index (χ4n) is 5.78. The summed E-state index contributed by atoms with van der Waals surface area (Å²) >= 11 is 0. The Balaban J connectivity index is 1.09. The number of fused-ring (bicyclic) bond motifs is 1. The largest absolute Gasteiger partial charge is 0.473 e. The number of nitrogens with zero attached hydrogens (tertiary/aromatic N) is 3. The van der Waals surface area contributed by atoms with Crippen LogP contribution in [0.4, 0.5) is 4.39 Å². The predicted molar refractivity (Wildman–Crippen MR) is 161 cm³/mol. The molecule has 1 N–H and O–H groups in total. The summed E-state index contributed by atoms with van der Waals surface area (Å²) in [6.45, 7) is 7.91. The monoisotopic (exact) mass is 607 g/mol. The number of carbonyl (C=O) groups is 1. The Morgan fingerprint density at radius 1 is 1.14 bits per heavy atom. The van der Waals surface area contributed by atoms with Crippen LogP contribution in [0.2, 0.25) is 0 Å². The smallest absolute Gasteiger partial charge is 0.298 e. The number of ether oxygens (including phenoxy) is 3. The van der Waals surface area contributed by atoms with E-state index in [1.165, 1.54) is 6.07 Å². The molecule has 43 heavy (non-hydrogen) atoms. The Hall–Kier alpha value is -3.59. The second-order valence-corrected chi connectivity index (χ2v) is 14.9. The third-order valence-corrected chi connectivity index (χ3v) is 9.91. The van der Waals surface area contributed by atoms with E-state index in [2.05, 4.69) is 14.5 Å². The van der Waals surface area contributed by atoms with Crippen molar-refractivity contribution in [3.05, 3.63) is 77.5 Å². The van der Waals surface area contributed by atoms with Crippen LogP contribution in [0.5, 0.6) is 11.6 Å². The van der Waals surface area contributed by atoms with E-state index in [0.717, 1.165) is 74.6 Å². The van der Waals surface area contributed by atoms with Crippen LogP contribution in [0.3, 0.4) is 0 Å². The van der Waals surface area contributed by atoms with Gasteiger partial charge in [0.25, 0.3) is 12.3 Å². The fraction of sp³-hybridized carbons (Fsp3) is 0.406. The Morgan fingerprint density at radius 2 is 1.95 bits per heavy atom. The van der Waals surface area contributed by atoms with Crippen LogP contribution in [0, 0.1) is 5.82 Å². The molecule has 2 aliphatic rings. The van der Waals surface area contributed by atoms with Gasteiger partial charge in [-0.1, -0.05) is 18.2 Å². The third kappa shape index (κ3) is 6.82. The van der Waals surface area contributed by atoms with Crippen LogP contribution in [0.1, 0.15) is 42.3 Å². The van der Waals surface area contributed by atoms with Crippen molar-refractivity contribution in [2.45, 2.75) is 51.0 Å². The molecule has 2 saturated heterocycles. The van der Waals surface area contributed by atoms with Gasteiger partial charge in [-0.25, -0.2) is 18.9 Å².